The van der Waals surface area contributed by atoms with Gasteiger partial charge in [-0.15, -0.1) is 0 Å². The number of aryl methyl sites for hydroxylation is 1. The molecule has 0 bridgehead atoms. The molecule has 1 atom stereocenters. The molecular weight excluding hydrogens is 237 g/mol. The van der Waals surface area contributed by atoms with Gasteiger partial charge >= 0.3 is 0 Å². The highest BCUT2D eigenvalue weighted by atomic mass is 35.5. The Balaban J connectivity index is 2.28. The van der Waals surface area contributed by atoms with Gasteiger partial charge in [0, 0.05) is 6.04 Å². The minimum absolute atomic E-state index is 0.222. The Morgan fingerprint density at radius 3 is 2.82 bits per heavy atom. The first kappa shape index (κ1) is 14.5. The summed E-state index contributed by atoms with van der Waals surface area (Å²) in [7, 11) is 0. The van der Waals surface area contributed by atoms with Crippen molar-refractivity contribution in [1.29, 1.82) is 0 Å². The molecule has 1 rings (SSSR count). The first-order valence-electron chi connectivity index (χ1n) is 6.30. The average Bonchev–Trinajstić information content (AvgIpc) is 2.31. The SMILES string of the molecule is CCCNC(C)CCCc1ccc(F)c(Cl)c1. The highest BCUT2D eigenvalue weighted by Crippen LogP contribution is 2.17. The highest BCUT2D eigenvalue weighted by Gasteiger charge is 2.03. The Labute approximate surface area is 108 Å². The van der Waals surface area contributed by atoms with Gasteiger partial charge in [0.25, 0.3) is 0 Å². The summed E-state index contributed by atoms with van der Waals surface area (Å²) in [5, 5.41) is 3.67. The summed E-state index contributed by atoms with van der Waals surface area (Å²) in [5.74, 6) is -0.339. The van der Waals surface area contributed by atoms with Gasteiger partial charge in [-0.3, -0.25) is 0 Å². The van der Waals surface area contributed by atoms with Crippen LogP contribution in [-0.2, 0) is 6.42 Å². The molecule has 1 N–H and O–H groups in total. The Morgan fingerprint density at radius 2 is 2.18 bits per heavy atom. The lowest BCUT2D eigenvalue weighted by Crippen LogP contribution is -2.26. The second-order valence-electron chi connectivity index (χ2n) is 4.50. The molecular formula is C14H21ClFN. The van der Waals surface area contributed by atoms with Crippen molar-refractivity contribution in [3.05, 3.63) is 34.6 Å². The van der Waals surface area contributed by atoms with Crippen LogP contribution in [0.2, 0.25) is 5.02 Å². The average molecular weight is 258 g/mol. The van der Waals surface area contributed by atoms with Crippen molar-refractivity contribution >= 4 is 11.6 Å². The monoisotopic (exact) mass is 257 g/mol. The molecule has 1 aromatic rings. The maximum absolute atomic E-state index is 12.9. The predicted octanol–water partition coefficient (Wildman–Crippen LogP) is 4.19. The van der Waals surface area contributed by atoms with E-state index in [0.717, 1.165) is 37.8 Å². The number of hydrogen-bond donors (Lipinski definition) is 1. The molecule has 0 saturated heterocycles. The lowest BCUT2D eigenvalue weighted by atomic mass is 10.1. The summed E-state index contributed by atoms with van der Waals surface area (Å²) in [6.07, 6.45) is 4.35. The number of halogens is 2. The fraction of sp³-hybridized carbons (Fsp3) is 0.571. The van der Waals surface area contributed by atoms with Crippen molar-refractivity contribution in [3.63, 3.8) is 0 Å². The van der Waals surface area contributed by atoms with Crippen molar-refractivity contribution in [3.8, 4) is 0 Å². The van der Waals surface area contributed by atoms with Crippen LogP contribution in [-0.4, -0.2) is 12.6 Å². The molecule has 0 heterocycles. The maximum atomic E-state index is 12.9. The summed E-state index contributed by atoms with van der Waals surface area (Å²) in [6, 6.07) is 5.52. The van der Waals surface area contributed by atoms with E-state index in [0.29, 0.717) is 6.04 Å². The Kier molecular flexibility index (Phi) is 6.53. The van der Waals surface area contributed by atoms with E-state index >= 15 is 0 Å². The van der Waals surface area contributed by atoms with Crippen LogP contribution in [0.4, 0.5) is 4.39 Å². The van der Waals surface area contributed by atoms with Crippen molar-refractivity contribution in [1.82, 2.24) is 5.32 Å². The zero-order valence-corrected chi connectivity index (χ0v) is 11.4. The standard InChI is InChI=1S/C14H21ClFN/c1-3-9-17-11(2)5-4-6-12-7-8-14(16)13(15)10-12/h7-8,10-11,17H,3-6,9H2,1-2H3. The zero-order valence-electron chi connectivity index (χ0n) is 10.6. The summed E-state index contributed by atoms with van der Waals surface area (Å²) >= 11 is 5.74. The van der Waals surface area contributed by atoms with E-state index < -0.39 is 0 Å². The van der Waals surface area contributed by atoms with Crippen LogP contribution in [0.3, 0.4) is 0 Å². The number of nitrogens with one attached hydrogen (secondary N) is 1. The Bertz CT molecular complexity index is 341. The van der Waals surface area contributed by atoms with Gasteiger partial charge in [-0.25, -0.2) is 4.39 Å². The third-order valence-corrected chi connectivity index (χ3v) is 3.12. The van der Waals surface area contributed by atoms with Crippen LogP contribution in [0.25, 0.3) is 0 Å². The molecule has 0 aliphatic heterocycles. The summed E-state index contributed by atoms with van der Waals surface area (Å²) in [5.41, 5.74) is 1.11. The van der Waals surface area contributed by atoms with Gasteiger partial charge in [-0.05, 0) is 56.8 Å². The van der Waals surface area contributed by atoms with E-state index in [9.17, 15) is 4.39 Å². The minimum atomic E-state index is -0.339. The third-order valence-electron chi connectivity index (χ3n) is 2.83. The van der Waals surface area contributed by atoms with Gasteiger partial charge in [0.15, 0.2) is 0 Å². The molecule has 0 aromatic heterocycles. The second kappa shape index (κ2) is 7.67. The summed E-state index contributed by atoms with van der Waals surface area (Å²) in [4.78, 5) is 0. The van der Waals surface area contributed by atoms with Gasteiger partial charge < -0.3 is 5.32 Å². The fourth-order valence-electron chi connectivity index (χ4n) is 1.80. The van der Waals surface area contributed by atoms with E-state index in [4.69, 9.17) is 11.6 Å². The topological polar surface area (TPSA) is 12.0 Å². The van der Waals surface area contributed by atoms with Crippen LogP contribution in [0.15, 0.2) is 18.2 Å². The van der Waals surface area contributed by atoms with Gasteiger partial charge in [-0.2, -0.15) is 0 Å². The van der Waals surface area contributed by atoms with E-state index in [2.05, 4.69) is 19.2 Å². The molecule has 3 heteroatoms. The van der Waals surface area contributed by atoms with Crippen LogP contribution in [0.1, 0.15) is 38.7 Å². The smallest absolute Gasteiger partial charge is 0.141 e. The van der Waals surface area contributed by atoms with E-state index in [1.165, 1.54) is 6.07 Å². The van der Waals surface area contributed by atoms with Crippen molar-refractivity contribution < 1.29 is 4.39 Å². The molecule has 1 aromatic carbocycles. The van der Waals surface area contributed by atoms with Crippen molar-refractivity contribution in [2.24, 2.45) is 0 Å². The molecule has 0 fully saturated rings. The van der Waals surface area contributed by atoms with Crippen molar-refractivity contribution in [2.45, 2.75) is 45.6 Å². The van der Waals surface area contributed by atoms with Gasteiger partial charge in [0.05, 0.1) is 5.02 Å². The summed E-state index contributed by atoms with van der Waals surface area (Å²) in [6.45, 7) is 5.44. The number of hydrogen-bond acceptors (Lipinski definition) is 1. The molecule has 96 valence electrons. The predicted molar refractivity (Wildman–Crippen MR) is 72.1 cm³/mol. The molecule has 1 unspecified atom stereocenters. The minimum Gasteiger partial charge on any atom is -0.314 e. The van der Waals surface area contributed by atoms with E-state index in [1.807, 2.05) is 6.07 Å². The molecule has 0 amide bonds. The molecule has 0 aliphatic carbocycles. The molecule has 0 aliphatic rings. The van der Waals surface area contributed by atoms with E-state index in [-0.39, 0.29) is 10.8 Å². The fourth-order valence-corrected chi connectivity index (χ4v) is 2.00. The second-order valence-corrected chi connectivity index (χ2v) is 4.90. The van der Waals surface area contributed by atoms with Crippen LogP contribution < -0.4 is 5.32 Å². The molecule has 17 heavy (non-hydrogen) atoms. The van der Waals surface area contributed by atoms with Crippen LogP contribution >= 0.6 is 11.6 Å². The number of benzene rings is 1. The third kappa shape index (κ3) is 5.51. The van der Waals surface area contributed by atoms with Gasteiger partial charge in [0.1, 0.15) is 5.82 Å². The first-order chi connectivity index (χ1) is 8.13. The van der Waals surface area contributed by atoms with Gasteiger partial charge in [0.2, 0.25) is 0 Å². The normalized spacial score (nSPS) is 12.7. The number of rotatable bonds is 7. The van der Waals surface area contributed by atoms with Gasteiger partial charge in [-0.1, -0.05) is 24.6 Å². The van der Waals surface area contributed by atoms with Crippen LogP contribution in [0, 0.1) is 5.82 Å². The Hall–Kier alpha value is -0.600. The largest absolute Gasteiger partial charge is 0.314 e. The Morgan fingerprint density at radius 1 is 1.41 bits per heavy atom. The quantitative estimate of drug-likeness (QED) is 0.772. The first-order valence-corrected chi connectivity index (χ1v) is 6.68. The van der Waals surface area contributed by atoms with Crippen LogP contribution in [0.5, 0.6) is 0 Å². The van der Waals surface area contributed by atoms with E-state index in [1.54, 1.807) is 6.07 Å². The molecule has 0 saturated carbocycles. The lowest BCUT2D eigenvalue weighted by molar-refractivity contribution is 0.498. The zero-order chi connectivity index (χ0) is 12.7. The summed E-state index contributed by atoms with van der Waals surface area (Å²) < 4.78 is 12.9. The highest BCUT2D eigenvalue weighted by molar-refractivity contribution is 6.30. The molecule has 0 radical (unpaired) electrons. The van der Waals surface area contributed by atoms with Crippen molar-refractivity contribution in [2.75, 3.05) is 6.54 Å². The lowest BCUT2D eigenvalue weighted by Gasteiger charge is -2.12. The molecule has 0 spiro atoms. The maximum Gasteiger partial charge on any atom is 0.141 e. The molecule has 1 nitrogen and oxygen atoms in total.